The van der Waals surface area contributed by atoms with Crippen LogP contribution in [0.3, 0.4) is 0 Å². The first-order valence-corrected chi connectivity index (χ1v) is 10.9. The number of carbonyl (C=O) groups is 2. The first-order valence-electron chi connectivity index (χ1n) is 10.9. The van der Waals surface area contributed by atoms with Crippen molar-refractivity contribution in [3.05, 3.63) is 34.9 Å². The second-order valence-electron chi connectivity index (χ2n) is 9.06. The number of fused-ring (bicyclic) bond motifs is 3. The van der Waals surface area contributed by atoms with Crippen LogP contribution in [0, 0.1) is 11.3 Å². The molecule has 0 spiro atoms. The monoisotopic (exact) mass is 414 g/mol. The zero-order chi connectivity index (χ0) is 22.1. The van der Waals surface area contributed by atoms with Gasteiger partial charge in [0, 0.05) is 11.6 Å². The van der Waals surface area contributed by atoms with Crippen LogP contribution in [0.4, 0.5) is 0 Å². The molecular formula is C25H34O5. The lowest BCUT2D eigenvalue weighted by Gasteiger charge is -2.54. The van der Waals surface area contributed by atoms with Crippen LogP contribution in [-0.2, 0) is 30.9 Å². The molecule has 164 valence electrons. The van der Waals surface area contributed by atoms with Crippen LogP contribution in [0.25, 0.3) is 5.57 Å². The Balaban J connectivity index is 2.07. The molecule has 5 heteroatoms. The fourth-order valence-electron chi connectivity index (χ4n) is 5.89. The van der Waals surface area contributed by atoms with Gasteiger partial charge in [-0.1, -0.05) is 13.3 Å². The number of hydrogen-bond donors (Lipinski definition) is 0. The van der Waals surface area contributed by atoms with Gasteiger partial charge >= 0.3 is 11.9 Å². The van der Waals surface area contributed by atoms with Crippen molar-refractivity contribution >= 4 is 17.5 Å². The van der Waals surface area contributed by atoms with E-state index in [0.29, 0.717) is 6.61 Å². The number of methoxy groups -OCH3 is 2. The summed E-state index contributed by atoms with van der Waals surface area (Å²) in [6.45, 7) is 8.41. The third kappa shape index (κ3) is 3.63. The topological polar surface area (TPSA) is 61.8 Å². The minimum Gasteiger partial charge on any atom is -0.496 e. The lowest BCUT2D eigenvalue weighted by Crippen LogP contribution is -2.52. The smallest absolute Gasteiger partial charge is 0.331 e. The van der Waals surface area contributed by atoms with Crippen molar-refractivity contribution in [2.24, 2.45) is 11.3 Å². The molecule has 0 bridgehead atoms. The number of ether oxygens (including phenoxy) is 3. The average molecular weight is 415 g/mol. The van der Waals surface area contributed by atoms with Crippen LogP contribution in [0.1, 0.15) is 70.1 Å². The molecule has 0 N–H and O–H groups in total. The molecular weight excluding hydrogens is 380 g/mol. The zero-order valence-electron chi connectivity index (χ0n) is 19.1. The van der Waals surface area contributed by atoms with Crippen molar-refractivity contribution in [2.75, 3.05) is 20.8 Å². The van der Waals surface area contributed by atoms with E-state index in [0.717, 1.165) is 49.0 Å². The molecule has 0 aromatic heterocycles. The van der Waals surface area contributed by atoms with Crippen molar-refractivity contribution in [3.63, 3.8) is 0 Å². The summed E-state index contributed by atoms with van der Waals surface area (Å²) < 4.78 is 16.0. The minimum atomic E-state index is -0.467. The van der Waals surface area contributed by atoms with Crippen LogP contribution in [0.15, 0.2) is 18.2 Å². The van der Waals surface area contributed by atoms with Crippen molar-refractivity contribution < 1.29 is 23.8 Å². The summed E-state index contributed by atoms with van der Waals surface area (Å²) >= 11 is 0. The van der Waals surface area contributed by atoms with E-state index in [2.05, 4.69) is 26.0 Å². The van der Waals surface area contributed by atoms with Gasteiger partial charge in [0.25, 0.3) is 0 Å². The Bertz CT molecular complexity index is 871. The Hall–Kier alpha value is -2.30. The van der Waals surface area contributed by atoms with Crippen molar-refractivity contribution in [3.8, 4) is 5.75 Å². The van der Waals surface area contributed by atoms with Crippen LogP contribution in [0.2, 0.25) is 0 Å². The second kappa shape index (κ2) is 8.44. The van der Waals surface area contributed by atoms with Crippen LogP contribution in [0.5, 0.6) is 5.75 Å². The van der Waals surface area contributed by atoms with E-state index in [4.69, 9.17) is 14.2 Å². The predicted octanol–water partition coefficient (Wildman–Crippen LogP) is 4.84. The molecule has 1 saturated carbocycles. The Labute approximate surface area is 179 Å². The normalized spacial score (nSPS) is 28.2. The highest BCUT2D eigenvalue weighted by molar-refractivity contribution is 5.92. The molecule has 2 aliphatic carbocycles. The predicted molar refractivity (Wildman–Crippen MR) is 116 cm³/mol. The van der Waals surface area contributed by atoms with Gasteiger partial charge in [0.05, 0.1) is 26.2 Å². The quantitative estimate of drug-likeness (QED) is 0.509. The van der Waals surface area contributed by atoms with Crippen molar-refractivity contribution in [1.82, 2.24) is 0 Å². The van der Waals surface area contributed by atoms with E-state index in [-0.39, 0.29) is 23.3 Å². The van der Waals surface area contributed by atoms with Gasteiger partial charge in [-0.15, -0.1) is 0 Å². The molecule has 3 atom stereocenters. The SMILES string of the molecule is CCOC(=O)/C=C(/C)c1cc2c(cc1OC)C1(C)CCCC(C)(C(=O)OC)C1CC2. The maximum Gasteiger partial charge on any atom is 0.331 e. The van der Waals surface area contributed by atoms with E-state index in [1.807, 2.05) is 6.92 Å². The lowest BCUT2D eigenvalue weighted by atomic mass is 9.49. The molecule has 0 heterocycles. The number of esters is 2. The summed E-state index contributed by atoms with van der Waals surface area (Å²) in [5.41, 5.74) is 3.69. The maximum atomic E-state index is 12.7. The fourth-order valence-corrected chi connectivity index (χ4v) is 5.89. The fraction of sp³-hybridized carbons (Fsp3) is 0.600. The molecule has 0 radical (unpaired) electrons. The largest absolute Gasteiger partial charge is 0.496 e. The molecule has 5 nitrogen and oxygen atoms in total. The van der Waals surface area contributed by atoms with E-state index in [1.54, 1.807) is 14.0 Å². The lowest BCUT2D eigenvalue weighted by molar-refractivity contribution is -0.161. The second-order valence-corrected chi connectivity index (χ2v) is 9.06. The van der Waals surface area contributed by atoms with Gasteiger partial charge in [-0.3, -0.25) is 4.79 Å². The molecule has 0 saturated heterocycles. The highest BCUT2D eigenvalue weighted by Crippen LogP contribution is 2.58. The first-order chi connectivity index (χ1) is 14.2. The third-order valence-corrected chi connectivity index (χ3v) is 7.37. The minimum absolute atomic E-state index is 0.0984. The van der Waals surface area contributed by atoms with Crippen LogP contribution < -0.4 is 4.74 Å². The Morgan fingerprint density at radius 3 is 2.57 bits per heavy atom. The van der Waals surface area contributed by atoms with Gasteiger partial charge < -0.3 is 14.2 Å². The molecule has 1 aromatic rings. The number of rotatable bonds is 5. The summed E-state index contributed by atoms with van der Waals surface area (Å²) in [4.78, 5) is 24.7. The van der Waals surface area contributed by atoms with E-state index < -0.39 is 5.41 Å². The summed E-state index contributed by atoms with van der Waals surface area (Å²) in [7, 11) is 3.15. The Morgan fingerprint density at radius 2 is 1.93 bits per heavy atom. The molecule has 0 aliphatic heterocycles. The number of allylic oxidation sites excluding steroid dienone is 1. The number of aryl methyl sites for hydroxylation is 1. The summed E-state index contributed by atoms with van der Waals surface area (Å²) in [6.07, 6.45) is 6.26. The molecule has 2 aliphatic rings. The first kappa shape index (κ1) is 22.4. The highest BCUT2D eigenvalue weighted by Gasteiger charge is 2.55. The van der Waals surface area contributed by atoms with Gasteiger partial charge in [-0.2, -0.15) is 0 Å². The average Bonchev–Trinajstić information content (AvgIpc) is 2.72. The van der Waals surface area contributed by atoms with Crippen molar-refractivity contribution in [1.29, 1.82) is 0 Å². The van der Waals surface area contributed by atoms with Crippen molar-refractivity contribution in [2.45, 2.75) is 65.2 Å². The number of carbonyl (C=O) groups excluding carboxylic acids is 2. The molecule has 3 rings (SSSR count). The molecule has 0 amide bonds. The Kier molecular flexibility index (Phi) is 6.30. The van der Waals surface area contributed by atoms with E-state index in [1.165, 1.54) is 24.3 Å². The number of hydrogen-bond acceptors (Lipinski definition) is 5. The number of benzene rings is 1. The maximum absolute atomic E-state index is 12.7. The van der Waals surface area contributed by atoms with Gasteiger partial charge in [-0.05, 0) is 86.6 Å². The standard InChI is InChI=1S/C25H34O5/c1-7-30-22(26)13-16(2)18-14-17-9-10-21-24(3,19(17)15-20(18)28-5)11-8-12-25(21,4)23(27)29-6/h13-15,21H,7-12H2,1-6H3/b16-13-. The summed E-state index contributed by atoms with van der Waals surface area (Å²) in [5, 5.41) is 0. The van der Waals surface area contributed by atoms with Gasteiger partial charge in [0.15, 0.2) is 0 Å². The molecule has 1 fully saturated rings. The van der Waals surface area contributed by atoms with Crippen LogP contribution >= 0.6 is 0 Å². The van der Waals surface area contributed by atoms with E-state index in [9.17, 15) is 9.59 Å². The van der Waals surface area contributed by atoms with Gasteiger partial charge in [0.1, 0.15) is 5.75 Å². The molecule has 3 unspecified atom stereocenters. The van der Waals surface area contributed by atoms with Gasteiger partial charge in [-0.25, -0.2) is 4.79 Å². The zero-order valence-corrected chi connectivity index (χ0v) is 19.1. The molecule has 30 heavy (non-hydrogen) atoms. The molecule has 1 aromatic carbocycles. The van der Waals surface area contributed by atoms with Gasteiger partial charge in [0.2, 0.25) is 0 Å². The summed E-state index contributed by atoms with van der Waals surface area (Å²) in [5.74, 6) is 0.533. The van der Waals surface area contributed by atoms with E-state index >= 15 is 0 Å². The highest BCUT2D eigenvalue weighted by atomic mass is 16.5. The summed E-state index contributed by atoms with van der Waals surface area (Å²) in [6, 6.07) is 4.28. The Morgan fingerprint density at radius 1 is 1.20 bits per heavy atom. The van der Waals surface area contributed by atoms with Crippen LogP contribution in [-0.4, -0.2) is 32.8 Å². The third-order valence-electron chi connectivity index (χ3n) is 7.37.